The van der Waals surface area contributed by atoms with Gasteiger partial charge in [0.15, 0.2) is 0 Å². The van der Waals surface area contributed by atoms with Gasteiger partial charge in [0.2, 0.25) is 11.8 Å². The van der Waals surface area contributed by atoms with E-state index in [-0.39, 0.29) is 6.10 Å². The molecule has 1 atom stereocenters. The first-order chi connectivity index (χ1) is 8.51. The molecule has 0 aliphatic rings. The molecule has 18 heavy (non-hydrogen) atoms. The number of anilines is 1. The molecule has 6 heteroatoms. The number of rotatable bonds is 7. The highest BCUT2D eigenvalue weighted by Crippen LogP contribution is 2.13. The van der Waals surface area contributed by atoms with Crippen LogP contribution in [-0.4, -0.2) is 38.3 Å². The molecule has 1 N–H and O–H groups in total. The van der Waals surface area contributed by atoms with Crippen LogP contribution in [0, 0.1) is 6.92 Å². The fourth-order valence-electron chi connectivity index (χ4n) is 1.34. The van der Waals surface area contributed by atoms with E-state index in [2.05, 4.69) is 15.3 Å². The third-order valence-corrected chi connectivity index (χ3v) is 3.43. The molecule has 1 aromatic heterocycles. The van der Waals surface area contributed by atoms with Gasteiger partial charge in [-0.25, -0.2) is 4.98 Å². The fourth-order valence-corrected chi connectivity index (χ4v) is 1.96. The Bertz CT molecular complexity index is 410. The van der Waals surface area contributed by atoms with Crippen molar-refractivity contribution in [2.45, 2.75) is 33.8 Å². The summed E-state index contributed by atoms with van der Waals surface area (Å²) in [6.45, 7) is 8.31. The molecule has 1 heterocycles. The van der Waals surface area contributed by atoms with Gasteiger partial charge in [-0.2, -0.15) is 4.98 Å². The lowest BCUT2D eigenvalue weighted by Crippen LogP contribution is -2.15. The quantitative estimate of drug-likeness (QED) is 0.818. The van der Waals surface area contributed by atoms with Crippen LogP contribution in [0.25, 0.3) is 0 Å². The molecule has 1 aromatic rings. The molecule has 102 valence electrons. The third kappa shape index (κ3) is 5.44. The van der Waals surface area contributed by atoms with Crippen LogP contribution < -0.4 is 10.1 Å². The maximum absolute atomic E-state index is 11.3. The van der Waals surface area contributed by atoms with Crippen molar-refractivity contribution in [1.82, 2.24) is 9.97 Å². The summed E-state index contributed by atoms with van der Waals surface area (Å²) in [6.07, 6.45) is 0.0831. The molecule has 0 saturated heterocycles. The van der Waals surface area contributed by atoms with Crippen molar-refractivity contribution in [3.05, 3.63) is 11.8 Å². The van der Waals surface area contributed by atoms with Crippen LogP contribution in [-0.2, 0) is 10.8 Å². The molecule has 0 amide bonds. The second-order valence-corrected chi connectivity index (χ2v) is 6.06. The van der Waals surface area contributed by atoms with E-state index in [0.717, 1.165) is 5.69 Å². The Morgan fingerprint density at radius 2 is 2.17 bits per heavy atom. The lowest BCUT2D eigenvalue weighted by molar-refractivity contribution is 0.232. The summed E-state index contributed by atoms with van der Waals surface area (Å²) >= 11 is 0. The molecular weight excluding hydrogens is 250 g/mol. The van der Waals surface area contributed by atoms with Crippen molar-refractivity contribution in [3.8, 4) is 5.88 Å². The highest BCUT2D eigenvalue weighted by atomic mass is 32.2. The zero-order valence-corrected chi connectivity index (χ0v) is 12.2. The van der Waals surface area contributed by atoms with E-state index in [1.54, 1.807) is 6.07 Å². The summed E-state index contributed by atoms with van der Waals surface area (Å²) in [5, 5.41) is 3.07. The van der Waals surface area contributed by atoms with Crippen LogP contribution in [0.15, 0.2) is 6.07 Å². The highest BCUT2D eigenvalue weighted by Gasteiger charge is 2.05. The van der Waals surface area contributed by atoms with Gasteiger partial charge in [0.05, 0.1) is 6.10 Å². The molecule has 5 nitrogen and oxygen atoms in total. The van der Waals surface area contributed by atoms with E-state index in [1.807, 2.05) is 27.7 Å². The molecule has 0 aromatic carbocycles. The van der Waals surface area contributed by atoms with Gasteiger partial charge in [0.1, 0.15) is 0 Å². The number of aromatic nitrogens is 2. The Morgan fingerprint density at radius 1 is 1.44 bits per heavy atom. The number of nitrogens with zero attached hydrogens (tertiary/aromatic N) is 2. The van der Waals surface area contributed by atoms with Crippen molar-refractivity contribution in [3.63, 3.8) is 0 Å². The van der Waals surface area contributed by atoms with Crippen molar-refractivity contribution in [1.29, 1.82) is 0 Å². The van der Waals surface area contributed by atoms with Crippen molar-refractivity contribution in [2.75, 3.05) is 23.4 Å². The molecule has 1 unspecified atom stereocenters. The SMILES string of the molecule is CCS(=O)CCNc1nc(C)cc(OC(C)C)n1. The van der Waals surface area contributed by atoms with Crippen LogP contribution in [0.5, 0.6) is 5.88 Å². The molecule has 1 rings (SSSR count). The van der Waals surface area contributed by atoms with Gasteiger partial charge < -0.3 is 10.1 Å². The first-order valence-corrected chi connectivity index (χ1v) is 7.61. The topological polar surface area (TPSA) is 64.1 Å². The van der Waals surface area contributed by atoms with Crippen molar-refractivity contribution < 1.29 is 8.95 Å². The predicted octanol–water partition coefficient (Wildman–Crippen LogP) is 1.75. The minimum Gasteiger partial charge on any atom is -0.475 e. The zero-order chi connectivity index (χ0) is 13.5. The van der Waals surface area contributed by atoms with Gasteiger partial charge in [-0.3, -0.25) is 4.21 Å². The lowest BCUT2D eigenvalue weighted by Gasteiger charge is -2.11. The summed E-state index contributed by atoms with van der Waals surface area (Å²) < 4.78 is 16.8. The smallest absolute Gasteiger partial charge is 0.226 e. The van der Waals surface area contributed by atoms with E-state index in [9.17, 15) is 4.21 Å². The van der Waals surface area contributed by atoms with Crippen LogP contribution in [0.1, 0.15) is 26.5 Å². The van der Waals surface area contributed by atoms with Gasteiger partial charge in [-0.1, -0.05) is 6.92 Å². The summed E-state index contributed by atoms with van der Waals surface area (Å²) in [5.41, 5.74) is 0.847. The van der Waals surface area contributed by atoms with Gasteiger partial charge in [0.25, 0.3) is 0 Å². The van der Waals surface area contributed by atoms with Gasteiger partial charge in [-0.15, -0.1) is 0 Å². The van der Waals surface area contributed by atoms with E-state index in [4.69, 9.17) is 4.74 Å². The van der Waals surface area contributed by atoms with Gasteiger partial charge in [0, 0.05) is 40.6 Å². The molecule has 0 radical (unpaired) electrons. The normalized spacial score (nSPS) is 12.5. The Balaban J connectivity index is 2.59. The average Bonchev–Trinajstić information content (AvgIpc) is 2.27. The van der Waals surface area contributed by atoms with Crippen molar-refractivity contribution >= 4 is 16.7 Å². The number of ether oxygens (including phenoxy) is 1. The number of hydrogen-bond acceptors (Lipinski definition) is 5. The molecule has 0 spiro atoms. The van der Waals surface area contributed by atoms with Crippen LogP contribution in [0.4, 0.5) is 5.95 Å². The first-order valence-electron chi connectivity index (χ1n) is 6.12. The summed E-state index contributed by atoms with van der Waals surface area (Å²) in [7, 11) is -0.770. The Hall–Kier alpha value is -1.17. The van der Waals surface area contributed by atoms with Gasteiger partial charge >= 0.3 is 0 Å². The number of nitrogens with one attached hydrogen (secondary N) is 1. The van der Waals surface area contributed by atoms with Crippen LogP contribution >= 0.6 is 0 Å². The van der Waals surface area contributed by atoms with E-state index >= 15 is 0 Å². The Morgan fingerprint density at radius 3 is 2.78 bits per heavy atom. The van der Waals surface area contributed by atoms with Gasteiger partial charge in [-0.05, 0) is 20.8 Å². The lowest BCUT2D eigenvalue weighted by atomic mass is 10.4. The standard InChI is InChI=1S/C12H21N3O2S/c1-5-18(16)7-6-13-12-14-10(4)8-11(15-12)17-9(2)3/h8-9H,5-7H2,1-4H3,(H,13,14,15). The molecule has 0 saturated carbocycles. The first kappa shape index (κ1) is 14.9. The number of hydrogen-bond donors (Lipinski definition) is 1. The molecular formula is C12H21N3O2S. The highest BCUT2D eigenvalue weighted by molar-refractivity contribution is 7.84. The largest absolute Gasteiger partial charge is 0.475 e. The molecule has 0 aliphatic carbocycles. The minimum absolute atomic E-state index is 0.0831. The fraction of sp³-hybridized carbons (Fsp3) is 0.667. The monoisotopic (exact) mass is 271 g/mol. The molecule has 0 fully saturated rings. The van der Waals surface area contributed by atoms with E-state index in [0.29, 0.717) is 29.9 Å². The maximum atomic E-state index is 11.3. The third-order valence-electron chi connectivity index (χ3n) is 2.12. The van der Waals surface area contributed by atoms with Crippen LogP contribution in [0.3, 0.4) is 0 Å². The molecule has 0 bridgehead atoms. The predicted molar refractivity (Wildman–Crippen MR) is 74.6 cm³/mol. The minimum atomic E-state index is -0.770. The summed E-state index contributed by atoms with van der Waals surface area (Å²) in [6, 6.07) is 1.80. The Labute approximate surface area is 111 Å². The average molecular weight is 271 g/mol. The Kier molecular flexibility index (Phi) is 6.04. The van der Waals surface area contributed by atoms with E-state index < -0.39 is 10.8 Å². The zero-order valence-electron chi connectivity index (χ0n) is 11.4. The maximum Gasteiger partial charge on any atom is 0.226 e. The number of aryl methyl sites for hydroxylation is 1. The van der Waals surface area contributed by atoms with Crippen molar-refractivity contribution in [2.24, 2.45) is 0 Å². The van der Waals surface area contributed by atoms with Crippen LogP contribution in [0.2, 0.25) is 0 Å². The summed E-state index contributed by atoms with van der Waals surface area (Å²) in [5.74, 6) is 2.38. The second kappa shape index (κ2) is 7.31. The molecule has 0 aliphatic heterocycles. The summed E-state index contributed by atoms with van der Waals surface area (Å²) in [4.78, 5) is 8.52. The second-order valence-electron chi connectivity index (χ2n) is 4.20. The van der Waals surface area contributed by atoms with E-state index in [1.165, 1.54) is 0 Å².